The van der Waals surface area contributed by atoms with Gasteiger partial charge in [-0.1, -0.05) is 18.2 Å². The molecule has 1 N–H and O–H groups in total. The van der Waals surface area contributed by atoms with E-state index in [-0.39, 0.29) is 18.1 Å². The predicted octanol–water partition coefficient (Wildman–Crippen LogP) is 3.48. The van der Waals surface area contributed by atoms with Crippen LogP contribution in [0, 0.1) is 0 Å². The fourth-order valence-corrected chi connectivity index (χ4v) is 4.80. The van der Waals surface area contributed by atoms with Crippen LogP contribution in [0.5, 0.6) is 5.75 Å². The highest BCUT2D eigenvalue weighted by Crippen LogP contribution is 2.46. The number of methoxy groups -OCH3 is 1. The van der Waals surface area contributed by atoms with Crippen LogP contribution in [0.4, 0.5) is 18.9 Å². The topological polar surface area (TPSA) is 97.1 Å². The number of fused-ring (bicyclic) bond motifs is 4. The van der Waals surface area contributed by atoms with Crippen molar-refractivity contribution in [1.82, 2.24) is 14.5 Å². The van der Waals surface area contributed by atoms with E-state index in [0.717, 1.165) is 30.2 Å². The smallest absolute Gasteiger partial charge is 0.484 e. The number of alkyl halides is 3. The third-order valence-electron chi connectivity index (χ3n) is 6.49. The number of rotatable bonds is 6. The van der Waals surface area contributed by atoms with Crippen molar-refractivity contribution < 1.29 is 37.3 Å². The van der Waals surface area contributed by atoms with Gasteiger partial charge >= 0.3 is 12.1 Å². The van der Waals surface area contributed by atoms with Crippen molar-refractivity contribution in [2.24, 2.45) is 0 Å². The maximum Gasteiger partial charge on any atom is 0.490 e. The lowest BCUT2D eigenvalue weighted by atomic mass is 9.89. The normalized spacial score (nSPS) is 17.9. The standard InChI is InChI=1S/C24H26N4O3.C2HF3O2/c1-30-16-15-28-20-9-5-12-25-23(20)27-13-6-10-21(27)24(28)11-14-26(18-24)22(29)17-31-19-7-3-2-4-8-19;3-2(4,5)1(6)7/h2-10,12-13H,11,14-18H2,1H3;(H,6,7). The first-order valence-corrected chi connectivity index (χ1v) is 11.8. The number of nitrogens with zero attached hydrogens (tertiary/aromatic N) is 4. The summed E-state index contributed by atoms with van der Waals surface area (Å²) in [6.45, 7) is 2.65. The molecule has 12 heteroatoms. The van der Waals surface area contributed by atoms with Gasteiger partial charge in [0.15, 0.2) is 12.4 Å². The molecule has 0 radical (unpaired) electrons. The van der Waals surface area contributed by atoms with Crippen LogP contribution in [0.2, 0.25) is 0 Å². The summed E-state index contributed by atoms with van der Waals surface area (Å²) < 4.78 is 45.0. The lowest BCUT2D eigenvalue weighted by Crippen LogP contribution is -2.54. The number of likely N-dealkylation sites (tertiary alicyclic amines) is 1. The number of ether oxygens (including phenoxy) is 2. The lowest BCUT2D eigenvalue weighted by Gasteiger charge is -2.47. The zero-order valence-electron chi connectivity index (χ0n) is 20.6. The van der Waals surface area contributed by atoms with Gasteiger partial charge in [0.25, 0.3) is 5.91 Å². The van der Waals surface area contributed by atoms with Gasteiger partial charge in [-0.25, -0.2) is 9.78 Å². The highest BCUT2D eigenvalue weighted by atomic mass is 19.4. The second-order valence-corrected chi connectivity index (χ2v) is 8.76. The number of pyridine rings is 1. The molecule has 202 valence electrons. The number of hydrogen-bond acceptors (Lipinski definition) is 6. The minimum absolute atomic E-state index is 0.00232. The Morgan fingerprint density at radius 1 is 1.11 bits per heavy atom. The van der Waals surface area contributed by atoms with E-state index < -0.39 is 12.1 Å². The number of carboxylic acids is 1. The fourth-order valence-electron chi connectivity index (χ4n) is 4.80. The highest BCUT2D eigenvalue weighted by molar-refractivity contribution is 5.79. The Morgan fingerprint density at radius 3 is 2.53 bits per heavy atom. The summed E-state index contributed by atoms with van der Waals surface area (Å²) in [4.78, 5) is 30.8. The summed E-state index contributed by atoms with van der Waals surface area (Å²) in [6.07, 6.45) is -0.369. The van der Waals surface area contributed by atoms with E-state index in [1.54, 1.807) is 7.11 Å². The minimum atomic E-state index is -5.08. The van der Waals surface area contributed by atoms with Crippen LogP contribution < -0.4 is 9.64 Å². The molecular formula is C26H27F3N4O5. The quantitative estimate of drug-likeness (QED) is 0.519. The molecule has 2 aliphatic heterocycles. The van der Waals surface area contributed by atoms with Gasteiger partial charge in [0, 0.05) is 39.1 Å². The largest absolute Gasteiger partial charge is 0.490 e. The molecule has 5 rings (SSSR count). The van der Waals surface area contributed by atoms with Gasteiger partial charge in [-0.15, -0.1) is 0 Å². The zero-order chi connectivity index (χ0) is 27.3. The molecule has 0 saturated carbocycles. The first-order valence-electron chi connectivity index (χ1n) is 11.8. The molecule has 9 nitrogen and oxygen atoms in total. The molecule has 2 aromatic heterocycles. The maximum atomic E-state index is 13.0. The number of benzene rings is 1. The van der Waals surface area contributed by atoms with Gasteiger partial charge in [-0.3, -0.25) is 4.79 Å². The molecule has 4 heterocycles. The van der Waals surface area contributed by atoms with Crippen molar-refractivity contribution >= 4 is 17.6 Å². The number of para-hydroxylation sites is 1. The van der Waals surface area contributed by atoms with Gasteiger partial charge < -0.3 is 28.9 Å². The second kappa shape index (κ2) is 11.1. The van der Waals surface area contributed by atoms with Crippen LogP contribution in [0.3, 0.4) is 0 Å². The molecular weight excluding hydrogens is 505 g/mol. The molecule has 38 heavy (non-hydrogen) atoms. The van der Waals surface area contributed by atoms with Gasteiger partial charge in [0.2, 0.25) is 0 Å². The van der Waals surface area contributed by atoms with Crippen molar-refractivity contribution in [1.29, 1.82) is 0 Å². The molecule has 1 aromatic carbocycles. The Labute approximate surface area is 217 Å². The number of aromatic nitrogens is 2. The second-order valence-electron chi connectivity index (χ2n) is 8.76. The molecule has 0 bridgehead atoms. The predicted molar refractivity (Wildman–Crippen MR) is 131 cm³/mol. The van der Waals surface area contributed by atoms with Gasteiger partial charge in [0.05, 0.1) is 18.0 Å². The number of carbonyl (C=O) groups excluding carboxylic acids is 1. The minimum Gasteiger partial charge on any atom is -0.484 e. The van der Waals surface area contributed by atoms with E-state index in [1.807, 2.05) is 47.5 Å². The highest BCUT2D eigenvalue weighted by Gasteiger charge is 2.50. The molecule has 0 aliphatic carbocycles. The van der Waals surface area contributed by atoms with Crippen LogP contribution in [-0.2, 0) is 19.9 Å². The monoisotopic (exact) mass is 532 g/mol. The van der Waals surface area contributed by atoms with E-state index in [4.69, 9.17) is 19.4 Å². The van der Waals surface area contributed by atoms with E-state index in [9.17, 15) is 18.0 Å². The van der Waals surface area contributed by atoms with Gasteiger partial charge in [-0.05, 0) is 42.8 Å². The van der Waals surface area contributed by atoms with E-state index in [0.29, 0.717) is 25.4 Å². The summed E-state index contributed by atoms with van der Waals surface area (Å²) in [5.41, 5.74) is 1.91. The Balaban J connectivity index is 0.000000426. The van der Waals surface area contributed by atoms with Crippen LogP contribution in [0.25, 0.3) is 5.82 Å². The van der Waals surface area contributed by atoms with E-state index in [2.05, 4.69) is 38.8 Å². The van der Waals surface area contributed by atoms with Crippen LogP contribution in [0.15, 0.2) is 67.0 Å². The Bertz CT molecular complexity index is 1270. The summed E-state index contributed by atoms with van der Waals surface area (Å²) >= 11 is 0. The molecule has 1 atom stereocenters. The molecule has 1 fully saturated rings. The lowest BCUT2D eigenvalue weighted by molar-refractivity contribution is -0.192. The number of carbonyl (C=O) groups is 2. The van der Waals surface area contributed by atoms with Crippen LogP contribution in [-0.4, -0.2) is 77.6 Å². The zero-order valence-corrected chi connectivity index (χ0v) is 20.6. The number of amides is 1. The summed E-state index contributed by atoms with van der Waals surface area (Å²) in [7, 11) is 1.72. The van der Waals surface area contributed by atoms with E-state index in [1.165, 1.54) is 0 Å². The van der Waals surface area contributed by atoms with Gasteiger partial charge in [0.1, 0.15) is 11.3 Å². The Morgan fingerprint density at radius 2 is 1.84 bits per heavy atom. The van der Waals surface area contributed by atoms with Crippen LogP contribution >= 0.6 is 0 Å². The molecule has 2 aliphatic rings. The number of halogens is 3. The van der Waals surface area contributed by atoms with Crippen molar-refractivity contribution in [2.45, 2.75) is 18.1 Å². The molecule has 1 unspecified atom stereocenters. The molecule has 3 aromatic rings. The number of carboxylic acid groups (broad SMARTS) is 1. The number of hydrogen-bond donors (Lipinski definition) is 1. The summed E-state index contributed by atoms with van der Waals surface area (Å²) in [6, 6.07) is 17.7. The third-order valence-corrected chi connectivity index (χ3v) is 6.49. The average Bonchev–Trinajstić information content (AvgIpc) is 3.57. The number of aliphatic carboxylic acids is 1. The molecule has 1 spiro atoms. The summed E-state index contributed by atoms with van der Waals surface area (Å²) in [5.74, 6) is -1.13. The fraction of sp³-hybridized carbons (Fsp3) is 0.346. The van der Waals surface area contributed by atoms with Crippen LogP contribution in [0.1, 0.15) is 12.1 Å². The van der Waals surface area contributed by atoms with Crippen molar-refractivity contribution in [3.8, 4) is 11.6 Å². The number of anilines is 1. The Kier molecular flexibility index (Phi) is 7.91. The van der Waals surface area contributed by atoms with Gasteiger partial charge in [-0.2, -0.15) is 13.2 Å². The van der Waals surface area contributed by atoms with E-state index >= 15 is 0 Å². The molecule has 1 amide bonds. The van der Waals surface area contributed by atoms with Crippen molar-refractivity contribution in [3.63, 3.8) is 0 Å². The third kappa shape index (κ3) is 5.44. The van der Waals surface area contributed by atoms with Crippen molar-refractivity contribution in [2.75, 3.05) is 44.9 Å². The summed E-state index contributed by atoms with van der Waals surface area (Å²) in [5, 5.41) is 7.12. The Hall–Kier alpha value is -4.06. The first-order chi connectivity index (χ1) is 18.2. The average molecular weight is 533 g/mol. The van der Waals surface area contributed by atoms with Crippen molar-refractivity contribution in [3.05, 3.63) is 72.7 Å². The SMILES string of the molecule is COCCN1c2cccnc2-n2cccc2C12CCN(C(=O)COc1ccccc1)C2.O=C(O)C(F)(F)F. The molecule has 1 saturated heterocycles. The first kappa shape index (κ1) is 27.0. The maximum absolute atomic E-state index is 13.0.